The topological polar surface area (TPSA) is 17.1 Å². The molecule has 2 aromatic rings. The number of hydrogen-bond acceptors (Lipinski definition) is 1. The molecule has 0 aliphatic carbocycles. The van der Waals surface area contributed by atoms with Crippen LogP contribution in [0.15, 0.2) is 34.8 Å². The van der Waals surface area contributed by atoms with E-state index >= 15 is 0 Å². The van der Waals surface area contributed by atoms with E-state index in [9.17, 15) is 22.4 Å². The Kier molecular flexibility index (Phi) is 4.23. The third-order valence-electron chi connectivity index (χ3n) is 2.67. The molecule has 0 saturated heterocycles. The first-order valence-corrected chi connectivity index (χ1v) is 6.29. The second-order valence-electron chi connectivity index (χ2n) is 4.09. The number of carbonyl (C=O) groups excluding carboxylic acids is 1. The lowest BCUT2D eigenvalue weighted by atomic mass is 10.0. The summed E-state index contributed by atoms with van der Waals surface area (Å²) in [6.07, 6.45) is -0.189. The molecule has 0 amide bonds. The van der Waals surface area contributed by atoms with Gasteiger partial charge in [-0.3, -0.25) is 4.79 Å². The Morgan fingerprint density at radius 3 is 2.15 bits per heavy atom. The van der Waals surface area contributed by atoms with Crippen LogP contribution in [-0.2, 0) is 6.42 Å². The normalized spacial score (nSPS) is 10.7. The summed E-state index contributed by atoms with van der Waals surface area (Å²) in [5.41, 5.74) is 0.180. The molecule has 0 bridgehead atoms. The molecule has 0 aromatic heterocycles. The van der Waals surface area contributed by atoms with Gasteiger partial charge in [-0.15, -0.1) is 0 Å². The Morgan fingerprint density at radius 2 is 1.60 bits per heavy atom. The van der Waals surface area contributed by atoms with Crippen LogP contribution in [0.1, 0.15) is 15.9 Å². The third-order valence-corrected chi connectivity index (χ3v) is 3.41. The number of benzene rings is 2. The minimum Gasteiger partial charge on any atom is -0.294 e. The molecule has 0 atom stereocenters. The number of carbonyl (C=O) groups is 1. The van der Waals surface area contributed by atoms with Gasteiger partial charge in [0.25, 0.3) is 0 Å². The lowest BCUT2D eigenvalue weighted by Crippen LogP contribution is -2.07. The lowest BCUT2D eigenvalue weighted by Gasteiger charge is -2.05. The highest BCUT2D eigenvalue weighted by Gasteiger charge is 2.16. The Bertz CT molecular complexity index is 662. The number of halogens is 5. The van der Waals surface area contributed by atoms with E-state index < -0.39 is 29.1 Å². The van der Waals surface area contributed by atoms with E-state index in [0.717, 1.165) is 0 Å². The molecule has 0 aliphatic rings. The lowest BCUT2D eigenvalue weighted by molar-refractivity contribution is 0.0991. The fraction of sp³-hybridized carbons (Fsp3) is 0.0714. The molecule has 0 aliphatic heterocycles. The van der Waals surface area contributed by atoms with Gasteiger partial charge in [-0.25, -0.2) is 17.6 Å². The molecule has 6 heteroatoms. The Hall–Kier alpha value is -1.69. The quantitative estimate of drug-likeness (QED) is 0.456. The minimum absolute atomic E-state index is 0.189. The van der Waals surface area contributed by atoms with Crippen LogP contribution in [0.3, 0.4) is 0 Å². The van der Waals surface area contributed by atoms with Gasteiger partial charge in [-0.05, 0) is 29.8 Å². The molecular weight excluding hydrogens is 340 g/mol. The average Bonchev–Trinajstić information content (AvgIpc) is 2.38. The first-order chi connectivity index (χ1) is 9.38. The standard InChI is InChI=1S/C14H7BrF4O/c15-10-6-9(16)2-1-7(10)5-13(20)8-3-11(17)14(19)12(18)4-8/h1-4,6H,5H2. The first kappa shape index (κ1) is 14.7. The van der Waals surface area contributed by atoms with Crippen molar-refractivity contribution in [2.24, 2.45) is 0 Å². The van der Waals surface area contributed by atoms with Gasteiger partial charge in [0.15, 0.2) is 23.2 Å². The van der Waals surface area contributed by atoms with Crippen molar-refractivity contribution in [2.75, 3.05) is 0 Å². The summed E-state index contributed by atoms with van der Waals surface area (Å²) in [6, 6.07) is 5.00. The van der Waals surface area contributed by atoms with Crippen molar-refractivity contribution in [1.82, 2.24) is 0 Å². The highest BCUT2D eigenvalue weighted by Crippen LogP contribution is 2.21. The number of hydrogen-bond donors (Lipinski definition) is 0. The molecular formula is C14H7BrF4O. The fourth-order valence-corrected chi connectivity index (χ4v) is 2.15. The van der Waals surface area contributed by atoms with E-state index in [4.69, 9.17) is 0 Å². The zero-order valence-corrected chi connectivity index (χ0v) is 11.5. The van der Waals surface area contributed by atoms with Crippen LogP contribution in [0, 0.1) is 23.3 Å². The van der Waals surface area contributed by atoms with Crippen molar-refractivity contribution in [1.29, 1.82) is 0 Å². The van der Waals surface area contributed by atoms with E-state index in [1.165, 1.54) is 18.2 Å². The summed E-state index contributed by atoms with van der Waals surface area (Å²) < 4.78 is 52.2. The van der Waals surface area contributed by atoms with Gasteiger partial charge in [0.05, 0.1) is 0 Å². The van der Waals surface area contributed by atoms with Gasteiger partial charge >= 0.3 is 0 Å². The van der Waals surface area contributed by atoms with Crippen molar-refractivity contribution in [3.05, 3.63) is 69.2 Å². The van der Waals surface area contributed by atoms with Gasteiger partial charge in [0.1, 0.15) is 5.82 Å². The molecule has 0 saturated carbocycles. The second-order valence-corrected chi connectivity index (χ2v) is 4.94. The van der Waals surface area contributed by atoms with Gasteiger partial charge in [0, 0.05) is 16.5 Å². The van der Waals surface area contributed by atoms with Crippen molar-refractivity contribution >= 4 is 21.7 Å². The van der Waals surface area contributed by atoms with Gasteiger partial charge in [0.2, 0.25) is 0 Å². The van der Waals surface area contributed by atoms with Crippen molar-refractivity contribution in [3.63, 3.8) is 0 Å². The van der Waals surface area contributed by atoms with Gasteiger partial charge in [-0.1, -0.05) is 22.0 Å². The van der Waals surface area contributed by atoms with Crippen LogP contribution in [0.5, 0.6) is 0 Å². The smallest absolute Gasteiger partial charge is 0.194 e. The Labute approximate surface area is 120 Å². The monoisotopic (exact) mass is 346 g/mol. The maximum atomic E-state index is 13.0. The summed E-state index contributed by atoms with van der Waals surface area (Å²) in [4.78, 5) is 11.9. The molecule has 20 heavy (non-hydrogen) atoms. The summed E-state index contributed by atoms with van der Waals surface area (Å²) in [6.45, 7) is 0. The maximum absolute atomic E-state index is 13.0. The SMILES string of the molecule is O=C(Cc1ccc(F)cc1Br)c1cc(F)c(F)c(F)c1. The van der Waals surface area contributed by atoms with Crippen LogP contribution >= 0.6 is 15.9 Å². The Balaban J connectivity index is 2.28. The summed E-state index contributed by atoms with van der Waals surface area (Å²) in [5, 5.41) is 0. The molecule has 0 radical (unpaired) electrons. The highest BCUT2D eigenvalue weighted by molar-refractivity contribution is 9.10. The van der Waals surface area contributed by atoms with E-state index in [2.05, 4.69) is 15.9 Å². The minimum atomic E-state index is -1.62. The van der Waals surface area contributed by atoms with Gasteiger partial charge in [-0.2, -0.15) is 0 Å². The third kappa shape index (κ3) is 3.07. The molecule has 1 nitrogen and oxygen atoms in total. The molecule has 0 heterocycles. The summed E-state index contributed by atoms with van der Waals surface area (Å²) in [5.74, 6) is -5.55. The van der Waals surface area contributed by atoms with Crippen LogP contribution in [0.2, 0.25) is 0 Å². The van der Waals surface area contributed by atoms with Crippen LogP contribution < -0.4 is 0 Å². The average molecular weight is 347 g/mol. The predicted octanol–water partition coefficient (Wildman–Crippen LogP) is 4.43. The molecule has 2 aromatic carbocycles. The fourth-order valence-electron chi connectivity index (χ4n) is 1.66. The zero-order valence-electron chi connectivity index (χ0n) is 9.89. The van der Waals surface area contributed by atoms with Crippen molar-refractivity contribution in [2.45, 2.75) is 6.42 Å². The van der Waals surface area contributed by atoms with E-state index in [-0.39, 0.29) is 12.0 Å². The molecule has 0 fully saturated rings. The van der Waals surface area contributed by atoms with Crippen LogP contribution in [0.25, 0.3) is 0 Å². The van der Waals surface area contributed by atoms with Crippen molar-refractivity contribution in [3.8, 4) is 0 Å². The second kappa shape index (κ2) is 5.75. The molecule has 2 rings (SSSR count). The maximum Gasteiger partial charge on any atom is 0.194 e. The predicted molar refractivity (Wildman–Crippen MR) is 68.5 cm³/mol. The van der Waals surface area contributed by atoms with E-state index in [1.807, 2.05) is 0 Å². The molecule has 0 unspecified atom stereocenters. The summed E-state index contributed by atoms with van der Waals surface area (Å²) in [7, 11) is 0. The number of Topliss-reactive ketones (excluding diaryl/α,β-unsaturated/α-hetero) is 1. The van der Waals surface area contributed by atoms with Gasteiger partial charge < -0.3 is 0 Å². The van der Waals surface area contributed by atoms with Crippen LogP contribution in [0.4, 0.5) is 17.6 Å². The number of ketones is 1. The zero-order chi connectivity index (χ0) is 14.9. The van der Waals surface area contributed by atoms with E-state index in [1.54, 1.807) is 0 Å². The summed E-state index contributed by atoms with van der Waals surface area (Å²) >= 11 is 3.09. The highest BCUT2D eigenvalue weighted by atomic mass is 79.9. The van der Waals surface area contributed by atoms with E-state index in [0.29, 0.717) is 22.2 Å². The van der Waals surface area contributed by atoms with Crippen LogP contribution in [-0.4, -0.2) is 5.78 Å². The largest absolute Gasteiger partial charge is 0.294 e. The molecule has 104 valence electrons. The molecule has 0 spiro atoms. The number of rotatable bonds is 3. The molecule has 0 N–H and O–H groups in total. The van der Waals surface area contributed by atoms with Crippen molar-refractivity contribution < 1.29 is 22.4 Å². The Morgan fingerprint density at radius 1 is 1.00 bits per heavy atom. The first-order valence-electron chi connectivity index (χ1n) is 5.50.